The van der Waals surface area contributed by atoms with Crippen molar-refractivity contribution in [1.82, 2.24) is 19.4 Å². The van der Waals surface area contributed by atoms with Gasteiger partial charge in [0.15, 0.2) is 0 Å². The number of imidazole rings is 1. The summed E-state index contributed by atoms with van der Waals surface area (Å²) >= 11 is 0. The van der Waals surface area contributed by atoms with Gasteiger partial charge in [-0.05, 0) is 42.8 Å². The van der Waals surface area contributed by atoms with Crippen molar-refractivity contribution in [3.63, 3.8) is 0 Å². The van der Waals surface area contributed by atoms with Gasteiger partial charge in [-0.25, -0.2) is 14.2 Å². The lowest BCUT2D eigenvalue weighted by atomic mass is 10.1. The van der Waals surface area contributed by atoms with Crippen molar-refractivity contribution >= 4 is 22.8 Å². The second-order valence-electron chi connectivity index (χ2n) is 11.1. The van der Waals surface area contributed by atoms with Gasteiger partial charge >= 0.3 is 5.97 Å². The van der Waals surface area contributed by atoms with E-state index in [4.69, 9.17) is 24.7 Å². The number of carboxylic acid groups (broad SMARTS) is 1. The third-order valence-electron chi connectivity index (χ3n) is 8.39. The maximum absolute atomic E-state index is 14.3. The Kier molecular flexibility index (Phi) is 7.01. The van der Waals surface area contributed by atoms with Crippen molar-refractivity contribution in [2.45, 2.75) is 44.3 Å². The predicted octanol–water partition coefficient (Wildman–Crippen LogP) is 4.14. The highest BCUT2D eigenvalue weighted by atomic mass is 19.1. The number of ether oxygens (including phenoxy) is 2. The molecule has 0 aliphatic carbocycles. The smallest absolute Gasteiger partial charge is 0.335 e. The van der Waals surface area contributed by atoms with E-state index in [0.29, 0.717) is 24.5 Å². The molecule has 3 atom stereocenters. The standard InChI is InChI=1S/C32H29FN6O4/c33-26-12-20(14-34)4-5-22(26)19-43-31-3-1-2-29(36-31)37-15-23-7-8-24(16-37)38(23)18-30-35-27-9-6-21(32(40)41)13-28(27)39(30)17-25-10-11-42-25/h1-9,12-13,23-25H,10-11,15-19H2,(H,40,41)/t23?,24?,25-/m0/s1. The van der Waals surface area contributed by atoms with E-state index in [1.54, 1.807) is 36.4 Å². The number of rotatable bonds is 9. The van der Waals surface area contributed by atoms with Crippen LogP contribution in [0.2, 0.25) is 0 Å². The molecule has 10 nitrogen and oxygen atoms in total. The van der Waals surface area contributed by atoms with E-state index in [1.165, 1.54) is 6.07 Å². The Bertz CT molecular complexity index is 1760. The molecular formula is C32H29FN6O4. The fourth-order valence-electron chi connectivity index (χ4n) is 5.97. The Hall–Kier alpha value is -4.79. The molecule has 1 N–H and O–H groups in total. The van der Waals surface area contributed by atoms with Gasteiger partial charge in [-0.2, -0.15) is 10.2 Å². The third kappa shape index (κ3) is 5.31. The van der Waals surface area contributed by atoms with E-state index in [9.17, 15) is 14.3 Å². The van der Waals surface area contributed by atoms with Crippen molar-refractivity contribution in [2.24, 2.45) is 0 Å². The highest BCUT2D eigenvalue weighted by Gasteiger charge is 2.37. The zero-order valence-corrected chi connectivity index (χ0v) is 23.3. The Labute approximate surface area is 247 Å². The highest BCUT2D eigenvalue weighted by Crippen LogP contribution is 2.31. The summed E-state index contributed by atoms with van der Waals surface area (Å²) in [6, 6.07) is 17.2. The van der Waals surface area contributed by atoms with Crippen LogP contribution < -0.4 is 9.64 Å². The Morgan fingerprint density at radius 1 is 1.12 bits per heavy atom. The molecule has 3 aliphatic rings. The SMILES string of the molecule is N#Cc1ccc(COc2cccc(N3CC4C=CC(C3)N4Cc3nc4ccc(C(=O)O)cc4n3C[C@@H]3CCO3)n2)c(F)c1. The molecule has 0 spiro atoms. The van der Waals surface area contributed by atoms with E-state index < -0.39 is 11.8 Å². The molecule has 2 bridgehead atoms. The van der Waals surface area contributed by atoms with Crippen LogP contribution in [0.4, 0.5) is 10.2 Å². The zero-order valence-electron chi connectivity index (χ0n) is 23.3. The van der Waals surface area contributed by atoms with Gasteiger partial charge in [0.1, 0.15) is 24.1 Å². The maximum atomic E-state index is 14.3. The van der Waals surface area contributed by atoms with Gasteiger partial charge < -0.3 is 24.0 Å². The van der Waals surface area contributed by atoms with Crippen LogP contribution in [0.25, 0.3) is 11.0 Å². The van der Waals surface area contributed by atoms with Gasteiger partial charge in [0.25, 0.3) is 0 Å². The van der Waals surface area contributed by atoms with Crippen LogP contribution in [0.1, 0.15) is 33.7 Å². The van der Waals surface area contributed by atoms with Crippen LogP contribution in [0.3, 0.4) is 0 Å². The number of piperazine rings is 1. The molecule has 11 heteroatoms. The second kappa shape index (κ2) is 11.1. The minimum Gasteiger partial charge on any atom is -0.478 e. The lowest BCUT2D eigenvalue weighted by Gasteiger charge is -2.41. The van der Waals surface area contributed by atoms with E-state index in [2.05, 4.69) is 26.5 Å². The van der Waals surface area contributed by atoms with Gasteiger partial charge in [0, 0.05) is 43.4 Å². The number of carboxylic acids is 1. The van der Waals surface area contributed by atoms with Crippen molar-refractivity contribution in [1.29, 1.82) is 5.26 Å². The molecular weight excluding hydrogens is 551 g/mol. The van der Waals surface area contributed by atoms with E-state index in [-0.39, 0.29) is 35.9 Å². The average Bonchev–Trinajstić information content (AvgIpc) is 3.44. The lowest BCUT2D eigenvalue weighted by Crippen LogP contribution is -2.54. The molecule has 7 rings (SSSR count). The molecule has 2 aromatic heterocycles. The fraction of sp³-hybridized carbons (Fsp3) is 0.312. The largest absolute Gasteiger partial charge is 0.478 e. The predicted molar refractivity (Wildman–Crippen MR) is 155 cm³/mol. The Morgan fingerprint density at radius 2 is 1.93 bits per heavy atom. The van der Waals surface area contributed by atoms with Crippen LogP contribution in [0, 0.1) is 17.1 Å². The normalized spacial score (nSPS) is 21.1. The molecule has 2 unspecified atom stereocenters. The molecule has 0 radical (unpaired) electrons. The average molecular weight is 581 g/mol. The monoisotopic (exact) mass is 580 g/mol. The van der Waals surface area contributed by atoms with Gasteiger partial charge in [-0.15, -0.1) is 0 Å². The van der Waals surface area contributed by atoms with Crippen LogP contribution >= 0.6 is 0 Å². The third-order valence-corrected chi connectivity index (χ3v) is 8.39. The van der Waals surface area contributed by atoms with Crippen LogP contribution in [-0.2, 0) is 24.4 Å². The number of aromatic carboxylic acids is 1. The van der Waals surface area contributed by atoms with Gasteiger partial charge in [-0.1, -0.05) is 24.3 Å². The number of hydrogen-bond acceptors (Lipinski definition) is 8. The van der Waals surface area contributed by atoms with Crippen molar-refractivity contribution in [2.75, 3.05) is 24.6 Å². The number of anilines is 1. The molecule has 43 heavy (non-hydrogen) atoms. The van der Waals surface area contributed by atoms with Crippen LogP contribution in [0.5, 0.6) is 5.88 Å². The number of pyridine rings is 1. The summed E-state index contributed by atoms with van der Waals surface area (Å²) in [7, 11) is 0. The lowest BCUT2D eigenvalue weighted by molar-refractivity contribution is -0.0592. The highest BCUT2D eigenvalue weighted by molar-refractivity contribution is 5.92. The molecule has 2 saturated heterocycles. The maximum Gasteiger partial charge on any atom is 0.335 e. The van der Waals surface area contributed by atoms with Gasteiger partial charge in [-0.3, -0.25) is 4.90 Å². The van der Waals surface area contributed by atoms with E-state index >= 15 is 0 Å². The summed E-state index contributed by atoms with van der Waals surface area (Å²) in [5.74, 6) is 0.635. The van der Waals surface area contributed by atoms with E-state index in [1.807, 2.05) is 18.2 Å². The first kappa shape index (κ1) is 27.1. The first-order chi connectivity index (χ1) is 20.9. The van der Waals surface area contributed by atoms with Gasteiger partial charge in [0.05, 0.1) is 47.4 Å². The molecule has 5 heterocycles. The zero-order chi connectivity index (χ0) is 29.5. The summed E-state index contributed by atoms with van der Waals surface area (Å²) < 4.78 is 28.0. The summed E-state index contributed by atoms with van der Waals surface area (Å²) in [5, 5.41) is 18.5. The molecule has 3 aliphatic heterocycles. The number of aromatic nitrogens is 3. The van der Waals surface area contributed by atoms with Crippen molar-refractivity contribution in [3.05, 3.63) is 95.1 Å². The van der Waals surface area contributed by atoms with Crippen LogP contribution in [0.15, 0.2) is 66.7 Å². The first-order valence-corrected chi connectivity index (χ1v) is 14.3. The number of nitrogens with zero attached hydrogens (tertiary/aromatic N) is 6. The topological polar surface area (TPSA) is 117 Å². The number of carbonyl (C=O) groups is 1. The summed E-state index contributed by atoms with van der Waals surface area (Å²) in [5.41, 5.74) is 2.45. The number of hydrogen-bond donors (Lipinski definition) is 1. The second-order valence-corrected chi connectivity index (χ2v) is 11.1. The molecule has 2 fully saturated rings. The number of fused-ring (bicyclic) bond motifs is 3. The van der Waals surface area contributed by atoms with Crippen molar-refractivity contribution in [3.8, 4) is 11.9 Å². The molecule has 218 valence electrons. The van der Waals surface area contributed by atoms with Crippen LogP contribution in [-0.4, -0.2) is 68.4 Å². The summed E-state index contributed by atoms with van der Waals surface area (Å²) in [6.45, 7) is 3.46. The fourth-order valence-corrected chi connectivity index (χ4v) is 5.97. The summed E-state index contributed by atoms with van der Waals surface area (Å²) in [6.07, 6.45) is 5.53. The minimum atomic E-state index is -0.959. The van der Waals surface area contributed by atoms with E-state index in [0.717, 1.165) is 48.8 Å². The minimum absolute atomic E-state index is 0.00936. The first-order valence-electron chi connectivity index (χ1n) is 14.3. The molecule has 4 aromatic rings. The summed E-state index contributed by atoms with van der Waals surface area (Å²) in [4.78, 5) is 25.9. The molecule has 2 aromatic carbocycles. The quantitative estimate of drug-likeness (QED) is 0.292. The molecule has 0 saturated carbocycles. The van der Waals surface area contributed by atoms with Crippen molar-refractivity contribution < 1.29 is 23.8 Å². The van der Waals surface area contributed by atoms with Gasteiger partial charge in [0.2, 0.25) is 5.88 Å². The number of nitriles is 1. The Balaban J connectivity index is 1.06. The Morgan fingerprint density at radius 3 is 2.63 bits per heavy atom. The molecule has 0 amide bonds. The number of benzene rings is 2. The number of halogens is 1.